The van der Waals surface area contributed by atoms with Gasteiger partial charge < -0.3 is 10.3 Å². The van der Waals surface area contributed by atoms with Crippen LogP contribution in [0.2, 0.25) is 0 Å². The quantitative estimate of drug-likeness (QED) is 0.556. The van der Waals surface area contributed by atoms with E-state index in [1.165, 1.54) is 0 Å². The smallest absolute Gasteiger partial charge is 0.236 e. The Morgan fingerprint density at radius 3 is 2.63 bits per heavy atom. The van der Waals surface area contributed by atoms with E-state index in [1.54, 1.807) is 25.1 Å². The van der Waals surface area contributed by atoms with Crippen LogP contribution in [0.4, 0.5) is 5.82 Å². The highest BCUT2D eigenvalue weighted by molar-refractivity contribution is 5.77. The first-order valence-electron chi connectivity index (χ1n) is 6.20. The first kappa shape index (κ1) is 15.3. The molecule has 1 heterocycles. The Balaban J connectivity index is 2.75. The normalized spacial score (nSPS) is 10.6. The van der Waals surface area contributed by atoms with E-state index in [-0.39, 0.29) is 5.91 Å². The minimum atomic E-state index is 0.0617. The molecule has 3 N–H and O–H groups in total. The lowest BCUT2D eigenvalue weighted by Gasteiger charge is -2.21. The molecule has 19 heavy (non-hydrogen) atoms. The van der Waals surface area contributed by atoms with Crippen LogP contribution >= 0.6 is 0 Å². The molecule has 0 saturated heterocycles. The molecule has 0 aliphatic rings. The Kier molecular flexibility index (Phi) is 5.65. The van der Waals surface area contributed by atoms with Crippen LogP contribution in [0.3, 0.4) is 0 Å². The third-order valence-corrected chi connectivity index (χ3v) is 2.72. The van der Waals surface area contributed by atoms with Gasteiger partial charge in [0.1, 0.15) is 11.6 Å². The fourth-order valence-electron chi connectivity index (χ4n) is 1.59. The lowest BCUT2D eigenvalue weighted by molar-refractivity contribution is -0.130. The second-order valence-corrected chi connectivity index (χ2v) is 4.55. The summed E-state index contributed by atoms with van der Waals surface area (Å²) in [6.45, 7) is 5.51. The summed E-state index contributed by atoms with van der Waals surface area (Å²) in [6.07, 6.45) is 0. The van der Waals surface area contributed by atoms with E-state index < -0.39 is 0 Å². The number of nitrogens with one attached hydrogen (secondary N) is 1. The van der Waals surface area contributed by atoms with Crippen molar-refractivity contribution in [1.82, 2.24) is 19.8 Å². The zero-order valence-electron chi connectivity index (χ0n) is 12.0. The van der Waals surface area contributed by atoms with E-state index >= 15 is 0 Å². The molecule has 0 atom stereocenters. The van der Waals surface area contributed by atoms with Crippen LogP contribution in [0.5, 0.6) is 0 Å². The average molecular weight is 266 g/mol. The highest BCUT2D eigenvalue weighted by Gasteiger charge is 2.13. The van der Waals surface area contributed by atoms with Crippen molar-refractivity contribution in [3.63, 3.8) is 0 Å². The van der Waals surface area contributed by atoms with Crippen LogP contribution in [-0.2, 0) is 11.3 Å². The number of nitrogen functional groups attached to an aromatic ring is 1. The van der Waals surface area contributed by atoms with Gasteiger partial charge in [-0.1, -0.05) is 6.92 Å². The number of nitrogens with two attached hydrogens (primary N) is 1. The lowest BCUT2D eigenvalue weighted by Crippen LogP contribution is -2.36. The van der Waals surface area contributed by atoms with Crippen LogP contribution < -0.4 is 11.3 Å². The first-order valence-corrected chi connectivity index (χ1v) is 6.20. The standard InChI is InChI=1S/C12H22N6O/c1-5-18(8-12(19)17(3)4)7-11-14-9(2)6-10(15-11)16-13/h6H,5,7-8,13H2,1-4H3,(H,14,15,16). The van der Waals surface area contributed by atoms with Crippen LogP contribution in [0, 0.1) is 6.92 Å². The SMILES string of the molecule is CCN(CC(=O)N(C)C)Cc1nc(C)cc(NN)n1. The van der Waals surface area contributed by atoms with E-state index in [4.69, 9.17) is 5.84 Å². The molecule has 7 nitrogen and oxygen atoms in total. The minimum Gasteiger partial charge on any atom is -0.348 e. The van der Waals surface area contributed by atoms with Gasteiger partial charge in [0.05, 0.1) is 13.1 Å². The largest absolute Gasteiger partial charge is 0.348 e. The van der Waals surface area contributed by atoms with E-state index in [0.717, 1.165) is 12.2 Å². The highest BCUT2D eigenvalue weighted by atomic mass is 16.2. The number of carbonyl (C=O) groups is 1. The number of anilines is 1. The average Bonchev–Trinajstić information content (AvgIpc) is 2.36. The molecule has 0 radical (unpaired) electrons. The topological polar surface area (TPSA) is 87.4 Å². The Labute approximate surface area is 113 Å². The van der Waals surface area contributed by atoms with Gasteiger partial charge in [-0.15, -0.1) is 0 Å². The molecule has 0 fully saturated rings. The highest BCUT2D eigenvalue weighted by Crippen LogP contribution is 2.07. The molecule has 106 valence electrons. The molecule has 0 aromatic carbocycles. The number of hydrogen-bond acceptors (Lipinski definition) is 6. The van der Waals surface area contributed by atoms with E-state index in [9.17, 15) is 4.79 Å². The van der Waals surface area contributed by atoms with Crippen LogP contribution in [-0.4, -0.2) is 52.9 Å². The molecule has 0 aliphatic heterocycles. The number of likely N-dealkylation sites (N-methyl/N-ethyl adjacent to an activating group) is 2. The van der Waals surface area contributed by atoms with E-state index in [1.807, 2.05) is 18.7 Å². The molecule has 1 amide bonds. The van der Waals surface area contributed by atoms with Crippen molar-refractivity contribution in [3.8, 4) is 0 Å². The van der Waals surface area contributed by atoms with Crippen molar-refractivity contribution in [2.45, 2.75) is 20.4 Å². The van der Waals surface area contributed by atoms with Crippen molar-refractivity contribution >= 4 is 11.7 Å². The zero-order chi connectivity index (χ0) is 14.4. The molecule has 1 rings (SSSR count). The maximum Gasteiger partial charge on any atom is 0.236 e. The summed E-state index contributed by atoms with van der Waals surface area (Å²) in [6, 6.07) is 1.77. The molecule has 1 aromatic heterocycles. The Morgan fingerprint density at radius 2 is 2.11 bits per heavy atom. The molecule has 0 bridgehead atoms. The number of amides is 1. The molecule has 0 aliphatic carbocycles. The van der Waals surface area contributed by atoms with Gasteiger partial charge in [0, 0.05) is 25.9 Å². The van der Waals surface area contributed by atoms with Gasteiger partial charge >= 0.3 is 0 Å². The molecule has 7 heteroatoms. The summed E-state index contributed by atoms with van der Waals surface area (Å²) in [5.41, 5.74) is 3.35. The molecule has 0 spiro atoms. The summed E-state index contributed by atoms with van der Waals surface area (Å²) in [7, 11) is 3.49. The molecule has 0 saturated carbocycles. The van der Waals surface area contributed by atoms with E-state index in [0.29, 0.717) is 24.7 Å². The summed E-state index contributed by atoms with van der Waals surface area (Å²) >= 11 is 0. The molecule has 1 aromatic rings. The van der Waals surface area contributed by atoms with Crippen molar-refractivity contribution < 1.29 is 4.79 Å². The number of aryl methyl sites for hydroxylation is 1. The van der Waals surface area contributed by atoms with Gasteiger partial charge in [-0.25, -0.2) is 15.8 Å². The second-order valence-electron chi connectivity index (χ2n) is 4.55. The number of hydrogen-bond donors (Lipinski definition) is 2. The fourth-order valence-corrected chi connectivity index (χ4v) is 1.59. The van der Waals surface area contributed by atoms with Gasteiger partial charge in [-0.05, 0) is 13.5 Å². The van der Waals surface area contributed by atoms with Gasteiger partial charge in [-0.3, -0.25) is 9.69 Å². The lowest BCUT2D eigenvalue weighted by atomic mass is 10.3. The van der Waals surface area contributed by atoms with Crippen molar-refractivity contribution in [2.24, 2.45) is 5.84 Å². The van der Waals surface area contributed by atoms with Crippen LogP contribution in [0.25, 0.3) is 0 Å². The number of hydrazine groups is 1. The Hall–Kier alpha value is -1.73. The van der Waals surface area contributed by atoms with Gasteiger partial charge in [-0.2, -0.15) is 0 Å². The van der Waals surface area contributed by atoms with Crippen LogP contribution in [0.1, 0.15) is 18.4 Å². The Morgan fingerprint density at radius 1 is 1.42 bits per heavy atom. The predicted octanol–water partition coefficient (Wildman–Crippen LogP) is -0.0193. The third-order valence-electron chi connectivity index (χ3n) is 2.72. The van der Waals surface area contributed by atoms with Crippen molar-refractivity contribution in [3.05, 3.63) is 17.6 Å². The maximum absolute atomic E-state index is 11.7. The summed E-state index contributed by atoms with van der Waals surface area (Å²) in [4.78, 5) is 23.9. The molecule has 0 unspecified atom stereocenters. The van der Waals surface area contributed by atoms with Crippen LogP contribution in [0.15, 0.2) is 6.07 Å². The Bertz CT molecular complexity index is 434. The predicted molar refractivity (Wildman–Crippen MR) is 74.2 cm³/mol. The summed E-state index contributed by atoms with van der Waals surface area (Å²) in [5, 5.41) is 0. The van der Waals surface area contributed by atoms with Gasteiger partial charge in [0.15, 0.2) is 0 Å². The fraction of sp³-hybridized carbons (Fsp3) is 0.583. The maximum atomic E-state index is 11.7. The third kappa shape index (κ3) is 4.80. The minimum absolute atomic E-state index is 0.0617. The van der Waals surface area contributed by atoms with E-state index in [2.05, 4.69) is 15.4 Å². The monoisotopic (exact) mass is 266 g/mol. The number of aromatic nitrogens is 2. The first-order chi connectivity index (χ1) is 8.96. The van der Waals surface area contributed by atoms with Crippen molar-refractivity contribution in [2.75, 3.05) is 32.6 Å². The molecular weight excluding hydrogens is 244 g/mol. The number of rotatable bonds is 6. The summed E-state index contributed by atoms with van der Waals surface area (Å²) in [5.74, 6) is 6.65. The zero-order valence-corrected chi connectivity index (χ0v) is 12.0. The van der Waals surface area contributed by atoms with Gasteiger partial charge in [0.25, 0.3) is 0 Å². The molecular formula is C12H22N6O. The van der Waals surface area contributed by atoms with Gasteiger partial charge in [0.2, 0.25) is 5.91 Å². The second kappa shape index (κ2) is 7.01. The van der Waals surface area contributed by atoms with Crippen molar-refractivity contribution in [1.29, 1.82) is 0 Å². The number of carbonyl (C=O) groups excluding carboxylic acids is 1. The number of nitrogens with zero attached hydrogens (tertiary/aromatic N) is 4. The summed E-state index contributed by atoms with van der Waals surface area (Å²) < 4.78 is 0.